The van der Waals surface area contributed by atoms with Crippen molar-refractivity contribution in [1.29, 1.82) is 0 Å². The number of fused-ring (bicyclic) bond motifs is 3. The number of benzene rings is 2. The quantitative estimate of drug-likeness (QED) is 0.641. The van der Waals surface area contributed by atoms with E-state index >= 15 is 0 Å². The molecule has 1 aromatic heterocycles. The van der Waals surface area contributed by atoms with Gasteiger partial charge < -0.3 is 9.73 Å². The smallest absolute Gasteiger partial charge is 0.391 e. The van der Waals surface area contributed by atoms with Crippen molar-refractivity contribution in [1.82, 2.24) is 5.32 Å². The maximum absolute atomic E-state index is 13.4. The van der Waals surface area contributed by atoms with E-state index in [1.54, 1.807) is 0 Å². The van der Waals surface area contributed by atoms with Gasteiger partial charge in [0, 0.05) is 17.5 Å². The van der Waals surface area contributed by atoms with E-state index in [1.165, 1.54) is 30.3 Å². The van der Waals surface area contributed by atoms with E-state index in [9.17, 15) is 26.0 Å². The van der Waals surface area contributed by atoms with Gasteiger partial charge in [-0.2, -0.15) is 13.2 Å². The number of nitrogens with one attached hydrogen (secondary N) is 1. The van der Waals surface area contributed by atoms with Crippen LogP contribution in [0.4, 0.5) is 17.6 Å². The Morgan fingerprint density at radius 1 is 1.11 bits per heavy atom. The summed E-state index contributed by atoms with van der Waals surface area (Å²) in [4.78, 5) is -0.263. The van der Waals surface area contributed by atoms with Crippen molar-refractivity contribution in [2.45, 2.75) is 34.9 Å². The van der Waals surface area contributed by atoms with Gasteiger partial charge in [-0.1, -0.05) is 6.07 Å². The summed E-state index contributed by atoms with van der Waals surface area (Å²) in [6, 6.07) is 7.75. The van der Waals surface area contributed by atoms with Crippen molar-refractivity contribution in [2.75, 3.05) is 6.54 Å². The van der Waals surface area contributed by atoms with Gasteiger partial charge >= 0.3 is 6.18 Å². The van der Waals surface area contributed by atoms with Crippen LogP contribution in [0.15, 0.2) is 56.7 Å². The summed E-state index contributed by atoms with van der Waals surface area (Å²) in [6.45, 7) is 0.323. The number of hydrogen-bond acceptors (Lipinski definition) is 4. The molecule has 148 valence electrons. The highest BCUT2D eigenvalue weighted by Gasteiger charge is 2.37. The summed E-state index contributed by atoms with van der Waals surface area (Å²) >= 11 is 0. The Kier molecular flexibility index (Phi) is 4.46. The number of alkyl halides is 3. The van der Waals surface area contributed by atoms with Gasteiger partial charge in [-0.15, -0.1) is 0 Å². The predicted molar refractivity (Wildman–Crippen MR) is 93.2 cm³/mol. The minimum Gasteiger partial charge on any atom is -0.459 e. The molecule has 4 rings (SSSR count). The standard InChI is InChI=1S/C19H15F4NO3S/c20-11-2-1-3-12(8-11)28(25,26)13-4-5-17-15(9-13)14-6-7-24-16(18(14)27-17)10-19(21,22)23/h1-5,8-9,16,24H,6-7,10H2. The molecule has 3 aromatic rings. The molecule has 0 aliphatic carbocycles. The van der Waals surface area contributed by atoms with Gasteiger partial charge in [0.15, 0.2) is 0 Å². The summed E-state index contributed by atoms with van der Waals surface area (Å²) in [5.41, 5.74) is 0.887. The zero-order chi connectivity index (χ0) is 20.1. The molecule has 1 unspecified atom stereocenters. The van der Waals surface area contributed by atoms with E-state index in [1.807, 2.05) is 0 Å². The highest BCUT2D eigenvalue weighted by Crippen LogP contribution is 2.39. The summed E-state index contributed by atoms with van der Waals surface area (Å²) in [5, 5.41) is 3.26. The second-order valence-corrected chi connectivity index (χ2v) is 8.59. The second-order valence-electron chi connectivity index (χ2n) is 6.64. The molecule has 0 saturated carbocycles. The van der Waals surface area contributed by atoms with Crippen LogP contribution in [-0.2, 0) is 16.3 Å². The molecule has 0 bridgehead atoms. The Labute approximate surface area is 158 Å². The zero-order valence-corrected chi connectivity index (χ0v) is 15.2. The largest absolute Gasteiger partial charge is 0.459 e. The van der Waals surface area contributed by atoms with Crippen LogP contribution in [0.5, 0.6) is 0 Å². The first-order valence-electron chi connectivity index (χ1n) is 8.51. The van der Waals surface area contributed by atoms with Crippen molar-refractivity contribution in [3.05, 3.63) is 59.6 Å². The Bertz CT molecular complexity index is 1150. The molecule has 0 spiro atoms. The molecule has 28 heavy (non-hydrogen) atoms. The van der Waals surface area contributed by atoms with Crippen molar-refractivity contribution in [3.63, 3.8) is 0 Å². The summed E-state index contributed by atoms with van der Waals surface area (Å²) < 4.78 is 83.2. The molecule has 4 nitrogen and oxygen atoms in total. The van der Waals surface area contributed by atoms with Gasteiger partial charge in [0.2, 0.25) is 9.84 Å². The first-order chi connectivity index (χ1) is 13.1. The first-order valence-corrected chi connectivity index (χ1v) is 9.99. The van der Waals surface area contributed by atoms with Crippen molar-refractivity contribution < 1.29 is 30.4 Å². The number of rotatable bonds is 3. The summed E-state index contributed by atoms with van der Waals surface area (Å²) in [7, 11) is -3.98. The van der Waals surface area contributed by atoms with Gasteiger partial charge in [0.25, 0.3) is 0 Å². The van der Waals surface area contributed by atoms with E-state index in [2.05, 4.69) is 5.32 Å². The molecule has 0 amide bonds. The average molecular weight is 413 g/mol. The van der Waals surface area contributed by atoms with Gasteiger partial charge in [0.05, 0.1) is 22.3 Å². The third-order valence-electron chi connectivity index (χ3n) is 4.73. The molecular formula is C19H15F4NO3S. The number of sulfone groups is 1. The fraction of sp³-hybridized carbons (Fsp3) is 0.263. The van der Waals surface area contributed by atoms with Crippen LogP contribution in [0.3, 0.4) is 0 Å². The molecule has 1 N–H and O–H groups in total. The van der Waals surface area contributed by atoms with Gasteiger partial charge in [-0.3, -0.25) is 0 Å². The molecule has 1 atom stereocenters. The minimum absolute atomic E-state index is 0.0693. The van der Waals surface area contributed by atoms with Crippen LogP contribution in [0.2, 0.25) is 0 Å². The molecule has 9 heteroatoms. The topological polar surface area (TPSA) is 59.3 Å². The van der Waals surface area contributed by atoms with Gasteiger partial charge in [-0.05, 0) is 42.8 Å². The average Bonchev–Trinajstić information content (AvgIpc) is 2.99. The fourth-order valence-electron chi connectivity index (χ4n) is 3.48. The maximum Gasteiger partial charge on any atom is 0.391 e. The van der Waals surface area contributed by atoms with Crippen LogP contribution in [0.25, 0.3) is 11.0 Å². The summed E-state index contributed by atoms with van der Waals surface area (Å²) in [5.74, 6) is -0.497. The second kappa shape index (κ2) is 6.59. The van der Waals surface area contributed by atoms with Crippen LogP contribution in [0.1, 0.15) is 23.8 Å². The lowest BCUT2D eigenvalue weighted by atomic mass is 9.98. The Hall–Kier alpha value is -2.39. The van der Waals surface area contributed by atoms with E-state index in [0.29, 0.717) is 29.5 Å². The molecule has 1 aliphatic rings. The lowest BCUT2D eigenvalue weighted by Crippen LogP contribution is -2.32. The predicted octanol–water partition coefficient (Wildman–Crippen LogP) is 4.54. The SMILES string of the molecule is O=S(=O)(c1cccc(F)c1)c1ccc2oc3c(c2c1)CCNC3CC(F)(F)F. The first kappa shape index (κ1) is 18.9. The van der Waals surface area contributed by atoms with Crippen molar-refractivity contribution in [3.8, 4) is 0 Å². The molecule has 0 saturated heterocycles. The Balaban J connectivity index is 1.80. The van der Waals surface area contributed by atoms with E-state index in [0.717, 1.165) is 12.1 Å². The highest BCUT2D eigenvalue weighted by atomic mass is 32.2. The number of furan rings is 1. The van der Waals surface area contributed by atoms with E-state index < -0.39 is 34.3 Å². The monoisotopic (exact) mass is 413 g/mol. The van der Waals surface area contributed by atoms with Crippen LogP contribution < -0.4 is 5.32 Å². The van der Waals surface area contributed by atoms with Crippen LogP contribution in [-0.4, -0.2) is 21.1 Å². The molecule has 0 radical (unpaired) electrons. The minimum atomic E-state index is -4.36. The van der Waals surface area contributed by atoms with Crippen LogP contribution in [0, 0.1) is 5.82 Å². The number of halogens is 4. The zero-order valence-electron chi connectivity index (χ0n) is 14.4. The van der Waals surface area contributed by atoms with E-state index in [-0.39, 0.29) is 15.6 Å². The Morgan fingerprint density at radius 2 is 1.86 bits per heavy atom. The third-order valence-corrected chi connectivity index (χ3v) is 6.48. The van der Waals surface area contributed by atoms with Crippen LogP contribution >= 0.6 is 0 Å². The number of hydrogen-bond donors (Lipinski definition) is 1. The molecule has 0 fully saturated rings. The van der Waals surface area contributed by atoms with Gasteiger partial charge in [0.1, 0.15) is 17.2 Å². The fourth-order valence-corrected chi connectivity index (χ4v) is 4.80. The van der Waals surface area contributed by atoms with Gasteiger partial charge in [-0.25, -0.2) is 12.8 Å². The maximum atomic E-state index is 13.4. The molecule has 2 aromatic carbocycles. The van der Waals surface area contributed by atoms with Crippen molar-refractivity contribution in [2.24, 2.45) is 0 Å². The third kappa shape index (κ3) is 3.40. The molecular weight excluding hydrogens is 398 g/mol. The van der Waals surface area contributed by atoms with Crippen molar-refractivity contribution >= 4 is 20.8 Å². The molecule has 1 aliphatic heterocycles. The Morgan fingerprint density at radius 3 is 2.57 bits per heavy atom. The lowest BCUT2D eigenvalue weighted by Gasteiger charge is -2.23. The van der Waals surface area contributed by atoms with E-state index in [4.69, 9.17) is 4.42 Å². The normalized spacial score (nSPS) is 17.6. The highest BCUT2D eigenvalue weighted by molar-refractivity contribution is 7.91. The molecule has 2 heterocycles. The summed E-state index contributed by atoms with van der Waals surface area (Å²) in [6.07, 6.45) is -5.02. The lowest BCUT2D eigenvalue weighted by molar-refractivity contribution is -0.141.